The van der Waals surface area contributed by atoms with Crippen molar-refractivity contribution in [3.8, 4) is 0 Å². The second-order valence-electron chi connectivity index (χ2n) is 4.69. The number of hydrogen-bond donors (Lipinski definition) is 1. The van der Waals surface area contributed by atoms with Gasteiger partial charge in [-0.25, -0.2) is 9.97 Å². The van der Waals surface area contributed by atoms with Crippen LogP contribution >= 0.6 is 23.1 Å². The summed E-state index contributed by atoms with van der Waals surface area (Å²) in [5.74, 6) is 1.21. The molecule has 108 valence electrons. The Hall–Kier alpha value is -1.41. The number of hydrogen-bond acceptors (Lipinski definition) is 8. The largest absolute Gasteiger partial charge is 0.373 e. The van der Waals surface area contributed by atoms with Crippen LogP contribution in [0.25, 0.3) is 0 Å². The summed E-state index contributed by atoms with van der Waals surface area (Å²) in [6.45, 7) is 4.27. The second kappa shape index (κ2) is 6.36. The molecular formula is C12H18N6S2. The van der Waals surface area contributed by atoms with Crippen molar-refractivity contribution in [2.75, 3.05) is 31.4 Å². The van der Waals surface area contributed by atoms with Crippen LogP contribution in [-0.2, 0) is 0 Å². The monoisotopic (exact) mass is 310 g/mol. The van der Waals surface area contributed by atoms with Crippen LogP contribution in [0.5, 0.6) is 0 Å². The van der Waals surface area contributed by atoms with Crippen LogP contribution in [0.4, 0.5) is 10.9 Å². The lowest BCUT2D eigenvalue weighted by Gasteiger charge is -2.13. The fourth-order valence-corrected chi connectivity index (χ4v) is 3.61. The topological polar surface area (TPSA) is 66.8 Å². The Morgan fingerprint density at radius 1 is 1.25 bits per heavy atom. The first-order valence-corrected chi connectivity index (χ1v) is 7.87. The van der Waals surface area contributed by atoms with Crippen molar-refractivity contribution in [2.45, 2.75) is 29.1 Å². The first kappa shape index (κ1) is 15.0. The van der Waals surface area contributed by atoms with Crippen LogP contribution < -0.4 is 10.2 Å². The summed E-state index contributed by atoms with van der Waals surface area (Å²) in [6, 6.07) is 0. The van der Waals surface area contributed by atoms with Crippen molar-refractivity contribution in [1.82, 2.24) is 20.2 Å². The highest BCUT2D eigenvalue weighted by Crippen LogP contribution is 2.37. The van der Waals surface area contributed by atoms with Crippen LogP contribution in [0.3, 0.4) is 0 Å². The summed E-state index contributed by atoms with van der Waals surface area (Å²) >= 11 is 3.09. The highest BCUT2D eigenvalue weighted by molar-refractivity contribution is 8.01. The molecule has 0 aliphatic rings. The number of aromatic nitrogens is 4. The van der Waals surface area contributed by atoms with Crippen molar-refractivity contribution >= 4 is 34.0 Å². The van der Waals surface area contributed by atoms with Gasteiger partial charge >= 0.3 is 0 Å². The van der Waals surface area contributed by atoms with Crippen LogP contribution in [0, 0.1) is 0 Å². The molecule has 0 amide bonds. The van der Waals surface area contributed by atoms with Crippen molar-refractivity contribution < 1.29 is 0 Å². The second-order valence-corrected chi connectivity index (χ2v) is 6.88. The van der Waals surface area contributed by atoms with E-state index in [0.717, 1.165) is 25.9 Å². The van der Waals surface area contributed by atoms with Gasteiger partial charge in [0.1, 0.15) is 17.2 Å². The van der Waals surface area contributed by atoms with E-state index in [2.05, 4.69) is 39.3 Å². The van der Waals surface area contributed by atoms with Crippen LogP contribution in [-0.4, -0.2) is 41.3 Å². The summed E-state index contributed by atoms with van der Waals surface area (Å²) in [5.41, 5.74) is 1.11. The minimum Gasteiger partial charge on any atom is -0.373 e. The van der Waals surface area contributed by atoms with Crippen LogP contribution in [0.1, 0.15) is 25.3 Å². The van der Waals surface area contributed by atoms with Crippen molar-refractivity contribution in [1.29, 1.82) is 0 Å². The molecule has 0 aliphatic heterocycles. The van der Waals surface area contributed by atoms with E-state index in [-0.39, 0.29) is 0 Å². The number of nitrogens with one attached hydrogen (secondary N) is 1. The Bertz CT molecular complexity index is 581. The van der Waals surface area contributed by atoms with Gasteiger partial charge in [0.05, 0.1) is 0 Å². The number of nitrogens with zero attached hydrogens (tertiary/aromatic N) is 5. The summed E-state index contributed by atoms with van der Waals surface area (Å²) < 4.78 is 0.886. The Balaban J connectivity index is 2.32. The van der Waals surface area contributed by atoms with Crippen molar-refractivity contribution in [2.24, 2.45) is 0 Å². The van der Waals surface area contributed by atoms with Crippen molar-refractivity contribution in [3.63, 3.8) is 0 Å². The van der Waals surface area contributed by atoms with E-state index >= 15 is 0 Å². The maximum atomic E-state index is 4.40. The molecule has 6 nitrogen and oxygen atoms in total. The standard InChI is InChI=1S/C12H18N6S2/c1-7(2)8-9(13-3)14-6-15-10(8)19-12-17-16-11(20-12)18(4)5/h6-7H,1-5H3,(H,13,14,15). The van der Waals surface area contributed by atoms with E-state index in [1.807, 2.05) is 26.0 Å². The summed E-state index contributed by atoms with van der Waals surface area (Å²) in [6.07, 6.45) is 1.58. The molecular weight excluding hydrogens is 292 g/mol. The molecule has 0 radical (unpaired) electrons. The zero-order valence-corrected chi connectivity index (χ0v) is 13.8. The van der Waals surface area contributed by atoms with E-state index in [0.29, 0.717) is 5.92 Å². The lowest BCUT2D eigenvalue weighted by atomic mass is 10.1. The Morgan fingerprint density at radius 3 is 2.55 bits per heavy atom. The van der Waals surface area contributed by atoms with E-state index in [1.54, 1.807) is 17.7 Å². The van der Waals surface area contributed by atoms with E-state index in [4.69, 9.17) is 0 Å². The third-order valence-corrected chi connectivity index (χ3v) is 4.78. The predicted molar refractivity (Wildman–Crippen MR) is 84.0 cm³/mol. The molecule has 0 aliphatic carbocycles. The molecule has 1 N–H and O–H groups in total. The summed E-state index contributed by atoms with van der Waals surface area (Å²) in [5, 5.41) is 13.3. The average molecular weight is 310 g/mol. The van der Waals surface area contributed by atoms with Gasteiger partial charge in [-0.05, 0) is 17.7 Å². The molecule has 0 fully saturated rings. The molecule has 0 saturated carbocycles. The van der Waals surface area contributed by atoms with Gasteiger partial charge in [0.2, 0.25) is 5.13 Å². The smallest absolute Gasteiger partial charge is 0.208 e. The van der Waals surface area contributed by atoms with Crippen molar-refractivity contribution in [3.05, 3.63) is 11.9 Å². The van der Waals surface area contributed by atoms with Gasteiger partial charge in [-0.15, -0.1) is 10.2 Å². The lowest BCUT2D eigenvalue weighted by Crippen LogP contribution is -2.07. The van der Waals surface area contributed by atoms with Gasteiger partial charge in [-0.3, -0.25) is 0 Å². The Morgan fingerprint density at radius 2 is 2.00 bits per heavy atom. The van der Waals surface area contributed by atoms with Gasteiger partial charge in [0.25, 0.3) is 0 Å². The highest BCUT2D eigenvalue weighted by atomic mass is 32.2. The normalized spacial score (nSPS) is 10.9. The first-order chi connectivity index (χ1) is 9.52. The minimum absolute atomic E-state index is 0.336. The SMILES string of the molecule is CNc1ncnc(Sc2nnc(N(C)C)s2)c1C(C)C. The zero-order chi connectivity index (χ0) is 14.7. The summed E-state index contributed by atoms with van der Waals surface area (Å²) in [7, 11) is 5.79. The quantitative estimate of drug-likeness (QED) is 0.852. The summed E-state index contributed by atoms with van der Waals surface area (Å²) in [4.78, 5) is 10.6. The molecule has 2 aromatic heterocycles. The third kappa shape index (κ3) is 3.18. The molecule has 2 aromatic rings. The first-order valence-electron chi connectivity index (χ1n) is 6.24. The zero-order valence-electron chi connectivity index (χ0n) is 12.2. The molecule has 0 aromatic carbocycles. The number of anilines is 2. The fraction of sp³-hybridized carbons (Fsp3) is 0.500. The molecule has 0 atom stereocenters. The number of rotatable bonds is 5. The minimum atomic E-state index is 0.336. The maximum absolute atomic E-state index is 4.40. The van der Waals surface area contributed by atoms with Gasteiger partial charge in [-0.1, -0.05) is 25.2 Å². The molecule has 8 heteroatoms. The predicted octanol–water partition coefficient (Wildman–Crippen LogP) is 2.71. The van der Waals surface area contributed by atoms with Gasteiger partial charge in [-0.2, -0.15) is 0 Å². The van der Waals surface area contributed by atoms with E-state index in [9.17, 15) is 0 Å². The molecule has 0 spiro atoms. The molecule has 0 bridgehead atoms. The van der Waals surface area contributed by atoms with Crippen LogP contribution in [0.15, 0.2) is 15.7 Å². The van der Waals surface area contributed by atoms with E-state index in [1.165, 1.54) is 11.8 Å². The van der Waals surface area contributed by atoms with Crippen LogP contribution in [0.2, 0.25) is 0 Å². The van der Waals surface area contributed by atoms with E-state index < -0.39 is 0 Å². The van der Waals surface area contributed by atoms with Gasteiger partial charge in [0, 0.05) is 26.7 Å². The molecule has 2 rings (SSSR count). The lowest BCUT2D eigenvalue weighted by molar-refractivity contribution is 0.805. The van der Waals surface area contributed by atoms with Gasteiger partial charge in [0.15, 0.2) is 4.34 Å². The molecule has 2 heterocycles. The molecule has 0 unspecified atom stereocenters. The average Bonchev–Trinajstić information content (AvgIpc) is 2.86. The third-order valence-electron chi connectivity index (χ3n) is 2.62. The Labute approximate surface area is 127 Å². The molecule has 0 saturated heterocycles. The Kier molecular flexibility index (Phi) is 4.77. The fourth-order valence-electron chi connectivity index (χ4n) is 1.69. The highest BCUT2D eigenvalue weighted by Gasteiger charge is 2.17. The maximum Gasteiger partial charge on any atom is 0.208 e. The molecule has 20 heavy (non-hydrogen) atoms. The van der Waals surface area contributed by atoms with Gasteiger partial charge < -0.3 is 10.2 Å².